The summed E-state index contributed by atoms with van der Waals surface area (Å²) in [5, 5.41) is 14.7. The molecule has 3 rings (SSSR count). The van der Waals surface area contributed by atoms with E-state index in [0.717, 1.165) is 24.3 Å². The van der Waals surface area contributed by atoms with Gasteiger partial charge in [-0.15, -0.1) is 0 Å². The number of nitrogens with zero attached hydrogens (tertiary/aromatic N) is 3. The fraction of sp³-hybridized carbons (Fsp3) is 0.267. The highest BCUT2D eigenvalue weighted by Gasteiger charge is 2.30. The number of thiocarbonyl (C=S) groups is 1. The van der Waals surface area contributed by atoms with Crippen molar-refractivity contribution >= 4 is 23.0 Å². The topological polar surface area (TPSA) is 63.3 Å². The number of non-ortho nitro benzene ring substituents is 1. The molecule has 1 aromatic carbocycles. The van der Waals surface area contributed by atoms with E-state index in [1.165, 1.54) is 6.07 Å². The van der Waals surface area contributed by atoms with Crippen LogP contribution in [0.25, 0.3) is 0 Å². The number of benzene rings is 1. The van der Waals surface area contributed by atoms with Crippen LogP contribution in [0.1, 0.15) is 17.3 Å². The number of hydrogen-bond acceptors (Lipinski definition) is 3. The van der Waals surface area contributed by atoms with Crippen LogP contribution in [0.3, 0.4) is 0 Å². The van der Waals surface area contributed by atoms with Gasteiger partial charge in [0.15, 0.2) is 5.11 Å². The second-order valence-electron chi connectivity index (χ2n) is 5.13. The van der Waals surface area contributed by atoms with E-state index >= 15 is 0 Å². The fourth-order valence-corrected chi connectivity index (χ4v) is 3.10. The maximum atomic E-state index is 11.1. The molecule has 1 N–H and O–H groups in total. The van der Waals surface area contributed by atoms with Gasteiger partial charge in [0.25, 0.3) is 5.69 Å². The van der Waals surface area contributed by atoms with Crippen LogP contribution in [0.2, 0.25) is 0 Å². The molecule has 1 aliphatic heterocycles. The van der Waals surface area contributed by atoms with E-state index in [9.17, 15) is 10.1 Å². The van der Waals surface area contributed by atoms with Crippen molar-refractivity contribution < 1.29 is 4.92 Å². The summed E-state index contributed by atoms with van der Waals surface area (Å²) in [5.74, 6) is 0. The third kappa shape index (κ3) is 2.43. The van der Waals surface area contributed by atoms with Crippen LogP contribution >= 0.6 is 12.2 Å². The molecule has 22 heavy (non-hydrogen) atoms. The Hall–Kier alpha value is -2.41. The fourth-order valence-electron chi connectivity index (χ4n) is 2.90. The van der Waals surface area contributed by atoms with Gasteiger partial charge in [0.05, 0.1) is 11.0 Å². The number of fused-ring (bicyclic) bond motifs is 1. The van der Waals surface area contributed by atoms with Crippen molar-refractivity contribution in [1.82, 2.24) is 14.8 Å². The molecule has 7 heteroatoms. The van der Waals surface area contributed by atoms with Crippen molar-refractivity contribution in [2.24, 2.45) is 0 Å². The Bertz CT molecular complexity index is 728. The molecule has 0 bridgehead atoms. The zero-order chi connectivity index (χ0) is 15.7. The van der Waals surface area contributed by atoms with Crippen LogP contribution in [0, 0.1) is 10.1 Å². The minimum atomic E-state index is -0.369. The van der Waals surface area contributed by atoms with Gasteiger partial charge >= 0.3 is 0 Å². The molecule has 0 amide bonds. The largest absolute Gasteiger partial charge is 0.366 e. The molecule has 1 atom stereocenters. The Balaban J connectivity index is 2.09. The first-order valence-electron chi connectivity index (χ1n) is 6.99. The summed E-state index contributed by atoms with van der Waals surface area (Å²) >= 11 is 5.41. The molecule has 0 saturated carbocycles. The molecule has 2 aromatic rings. The predicted octanol–water partition coefficient (Wildman–Crippen LogP) is 2.31. The lowest BCUT2D eigenvalue weighted by Gasteiger charge is -2.38. The lowest BCUT2D eigenvalue weighted by Crippen LogP contribution is -2.46. The van der Waals surface area contributed by atoms with Crippen molar-refractivity contribution in [2.45, 2.75) is 12.6 Å². The zero-order valence-electron chi connectivity index (χ0n) is 12.1. The first-order valence-corrected chi connectivity index (χ1v) is 7.40. The number of nitrogens with one attached hydrogen (secondary N) is 1. The monoisotopic (exact) mass is 316 g/mol. The van der Waals surface area contributed by atoms with E-state index in [4.69, 9.17) is 12.2 Å². The summed E-state index contributed by atoms with van der Waals surface area (Å²) in [6, 6.07) is 10.7. The molecule has 0 fully saturated rings. The molecule has 1 aromatic heterocycles. The Morgan fingerprint density at radius 2 is 2.18 bits per heavy atom. The summed E-state index contributed by atoms with van der Waals surface area (Å²) < 4.78 is 2.16. The van der Waals surface area contributed by atoms with E-state index in [0.29, 0.717) is 5.11 Å². The summed E-state index contributed by atoms with van der Waals surface area (Å²) in [6.07, 6.45) is 2.03. The van der Waals surface area contributed by atoms with Gasteiger partial charge in [0.1, 0.15) is 0 Å². The molecule has 2 heterocycles. The lowest BCUT2D eigenvalue weighted by atomic mass is 10.00. The molecule has 1 aliphatic rings. The van der Waals surface area contributed by atoms with E-state index < -0.39 is 0 Å². The van der Waals surface area contributed by atoms with Gasteiger partial charge in [-0.3, -0.25) is 10.1 Å². The summed E-state index contributed by atoms with van der Waals surface area (Å²) in [5.41, 5.74) is 2.05. The zero-order valence-corrected chi connectivity index (χ0v) is 12.9. The van der Waals surface area contributed by atoms with Crippen LogP contribution in [-0.4, -0.2) is 33.1 Å². The molecule has 0 saturated heterocycles. The Labute approximate surface area is 133 Å². The average molecular weight is 316 g/mol. The molecular formula is C15H16N4O2S. The minimum absolute atomic E-state index is 0.0940. The Morgan fingerprint density at radius 3 is 2.91 bits per heavy atom. The van der Waals surface area contributed by atoms with Crippen molar-refractivity contribution in [1.29, 1.82) is 0 Å². The average Bonchev–Trinajstić information content (AvgIpc) is 3.01. The number of hydrogen-bond donors (Lipinski definition) is 1. The molecular weight excluding hydrogens is 300 g/mol. The number of rotatable bonds is 2. The highest BCUT2D eigenvalue weighted by molar-refractivity contribution is 7.80. The van der Waals surface area contributed by atoms with Gasteiger partial charge in [0.2, 0.25) is 0 Å². The van der Waals surface area contributed by atoms with Gasteiger partial charge in [-0.2, -0.15) is 0 Å². The van der Waals surface area contributed by atoms with Crippen LogP contribution in [0.15, 0.2) is 42.6 Å². The van der Waals surface area contributed by atoms with Crippen LogP contribution < -0.4 is 5.32 Å². The standard InChI is InChI=1S/C15H16N4O2S/c1-16-15(22)18-9-8-17-7-3-6-13(17)14(18)11-4-2-5-12(10-11)19(20)21/h2-7,10,14H,8-9H2,1H3,(H,16,22)/t14-/m0/s1. The molecule has 0 radical (unpaired) electrons. The van der Waals surface area contributed by atoms with Crippen LogP contribution in [0.4, 0.5) is 5.69 Å². The van der Waals surface area contributed by atoms with Crippen molar-refractivity contribution in [3.05, 3.63) is 64.0 Å². The minimum Gasteiger partial charge on any atom is -0.366 e. The quantitative estimate of drug-likeness (QED) is 0.523. The van der Waals surface area contributed by atoms with Crippen molar-refractivity contribution in [3.8, 4) is 0 Å². The lowest BCUT2D eigenvalue weighted by molar-refractivity contribution is -0.384. The second kappa shape index (κ2) is 5.76. The summed E-state index contributed by atoms with van der Waals surface area (Å²) in [6.45, 7) is 1.60. The first-order chi connectivity index (χ1) is 10.6. The van der Waals surface area contributed by atoms with Gasteiger partial charge < -0.3 is 14.8 Å². The molecule has 0 spiro atoms. The molecule has 0 aliphatic carbocycles. The second-order valence-corrected chi connectivity index (χ2v) is 5.52. The van der Waals surface area contributed by atoms with E-state index in [1.54, 1.807) is 19.2 Å². The number of nitro groups is 1. The Kier molecular flexibility index (Phi) is 3.81. The van der Waals surface area contributed by atoms with Gasteiger partial charge in [-0.1, -0.05) is 12.1 Å². The smallest absolute Gasteiger partial charge is 0.269 e. The van der Waals surface area contributed by atoms with Gasteiger partial charge in [-0.25, -0.2) is 0 Å². The predicted molar refractivity (Wildman–Crippen MR) is 87.7 cm³/mol. The molecule has 114 valence electrons. The first kappa shape index (κ1) is 14.5. The number of aromatic nitrogens is 1. The van der Waals surface area contributed by atoms with Crippen LogP contribution in [0.5, 0.6) is 0 Å². The van der Waals surface area contributed by atoms with E-state index in [-0.39, 0.29) is 16.7 Å². The third-order valence-electron chi connectivity index (χ3n) is 3.91. The van der Waals surface area contributed by atoms with Crippen LogP contribution in [-0.2, 0) is 6.54 Å². The SMILES string of the molecule is CNC(=S)N1CCn2cccc2[C@@H]1c1cccc([N+](=O)[O-])c1. The van der Waals surface area contributed by atoms with Crippen molar-refractivity contribution in [2.75, 3.05) is 13.6 Å². The van der Waals surface area contributed by atoms with E-state index in [1.807, 2.05) is 24.4 Å². The third-order valence-corrected chi connectivity index (χ3v) is 4.35. The van der Waals surface area contributed by atoms with Crippen molar-refractivity contribution in [3.63, 3.8) is 0 Å². The van der Waals surface area contributed by atoms with E-state index in [2.05, 4.69) is 14.8 Å². The highest BCUT2D eigenvalue weighted by atomic mass is 32.1. The maximum absolute atomic E-state index is 11.1. The molecule has 6 nitrogen and oxygen atoms in total. The summed E-state index contributed by atoms with van der Waals surface area (Å²) in [7, 11) is 1.79. The summed E-state index contributed by atoms with van der Waals surface area (Å²) in [4.78, 5) is 12.8. The van der Waals surface area contributed by atoms with Gasteiger partial charge in [-0.05, 0) is 29.9 Å². The highest BCUT2D eigenvalue weighted by Crippen LogP contribution is 2.33. The maximum Gasteiger partial charge on any atom is 0.269 e. The van der Waals surface area contributed by atoms with Gasteiger partial charge in [0, 0.05) is 44.2 Å². The normalized spacial score (nSPS) is 17.0. The molecule has 0 unspecified atom stereocenters. The number of nitro benzene ring substituents is 1. The Morgan fingerprint density at radius 1 is 1.36 bits per heavy atom.